The van der Waals surface area contributed by atoms with Gasteiger partial charge in [0.25, 0.3) is 0 Å². The molecule has 0 bridgehead atoms. The first-order valence-electron chi connectivity index (χ1n) is 17.3. The molecule has 0 saturated heterocycles. The first-order chi connectivity index (χ1) is 26.7. The van der Waals surface area contributed by atoms with E-state index in [9.17, 15) is 18.3 Å². The highest BCUT2D eigenvalue weighted by molar-refractivity contribution is 7.82. The molecule has 7 aromatic rings. The highest BCUT2D eigenvalue weighted by Crippen LogP contribution is 2.56. The van der Waals surface area contributed by atoms with Crippen LogP contribution in [0.5, 0.6) is 23.0 Å². The van der Waals surface area contributed by atoms with Crippen LogP contribution in [-0.2, 0) is 26.2 Å². The fourth-order valence-corrected chi connectivity index (χ4v) is 8.91. The van der Waals surface area contributed by atoms with Gasteiger partial charge in [-0.05, 0) is 88.0 Å². The Morgan fingerprint density at radius 2 is 0.891 bits per heavy atom. The van der Waals surface area contributed by atoms with Crippen molar-refractivity contribution in [2.45, 2.75) is 11.0 Å². The van der Waals surface area contributed by atoms with Crippen molar-refractivity contribution in [1.29, 1.82) is 0 Å². The molecule has 0 fully saturated rings. The van der Waals surface area contributed by atoms with Crippen LogP contribution < -0.4 is 12.5 Å². The van der Waals surface area contributed by atoms with Gasteiger partial charge in [-0.25, -0.2) is 4.79 Å². The Morgan fingerprint density at radius 1 is 0.491 bits per heavy atom. The quantitative estimate of drug-likeness (QED) is 0.0852. The average molecular weight is 763 g/mol. The summed E-state index contributed by atoms with van der Waals surface area (Å²) in [6, 6.07) is 50.9. The molecule has 1 unspecified atom stereocenters. The SMILES string of the molecule is O=C1OC(c2ccc(OS)cc2)(c2ccc(OS(=O)(=O)Oc3ccc(C4(c5ccc(O)cc5)c5ccccc5-c5ccccc54)cc3)cc2)c2ccccc21. The summed E-state index contributed by atoms with van der Waals surface area (Å²) in [5, 5.41) is 10.2. The number of phenols is 1. The maximum Gasteiger partial charge on any atom is 0.500 e. The van der Waals surface area contributed by atoms with E-state index in [4.69, 9.17) is 17.3 Å². The first-order valence-corrected chi connectivity index (χ1v) is 19.0. The van der Waals surface area contributed by atoms with Crippen molar-refractivity contribution in [3.8, 4) is 34.1 Å². The predicted molar refractivity (Wildman–Crippen MR) is 210 cm³/mol. The molecule has 1 aliphatic heterocycles. The number of benzene rings is 7. The van der Waals surface area contributed by atoms with Gasteiger partial charge in [0.2, 0.25) is 0 Å². The molecule has 0 amide bonds. The van der Waals surface area contributed by atoms with Gasteiger partial charge in [-0.15, -0.1) is 8.42 Å². The summed E-state index contributed by atoms with van der Waals surface area (Å²) < 4.78 is 48.6. The van der Waals surface area contributed by atoms with Crippen molar-refractivity contribution < 1.29 is 35.6 Å². The second-order valence-electron chi connectivity index (χ2n) is 13.2. The number of hydrogen-bond donors (Lipinski definition) is 2. The second-order valence-corrected chi connectivity index (χ2v) is 14.6. The molecular weight excluding hydrogens is 733 g/mol. The van der Waals surface area contributed by atoms with Gasteiger partial charge in [-0.2, -0.15) is 0 Å². The fourth-order valence-electron chi connectivity index (χ4n) is 8.06. The number of esters is 1. The number of rotatable bonds is 9. The third-order valence-corrected chi connectivity index (χ3v) is 11.3. The third kappa shape index (κ3) is 5.52. The van der Waals surface area contributed by atoms with Crippen LogP contribution in [0.25, 0.3) is 11.1 Å². The summed E-state index contributed by atoms with van der Waals surface area (Å²) in [4.78, 5) is 13.1. The number of cyclic esters (lactones) is 1. The number of aromatic hydroxyl groups is 1. The molecule has 7 aromatic carbocycles. The zero-order chi connectivity index (χ0) is 37.8. The Labute approximate surface area is 323 Å². The molecule has 10 heteroatoms. The largest absolute Gasteiger partial charge is 0.508 e. The number of carbonyl (C=O) groups is 1. The van der Waals surface area contributed by atoms with E-state index in [2.05, 4.69) is 37.2 Å². The molecule has 1 N–H and O–H groups in total. The number of carbonyl (C=O) groups excluding carboxylic acids is 1. The number of ether oxygens (including phenoxy) is 1. The van der Waals surface area contributed by atoms with E-state index < -0.39 is 27.4 Å². The summed E-state index contributed by atoms with van der Waals surface area (Å²) in [5.74, 6) is 0.237. The first kappa shape index (κ1) is 34.3. The number of phenolic OH excluding ortho intramolecular Hbond substituents is 1. The van der Waals surface area contributed by atoms with Crippen molar-refractivity contribution >= 4 is 29.3 Å². The molecule has 1 heterocycles. The van der Waals surface area contributed by atoms with Gasteiger partial charge in [0.05, 0.1) is 11.0 Å². The average Bonchev–Trinajstić information content (AvgIpc) is 3.69. The molecule has 1 atom stereocenters. The van der Waals surface area contributed by atoms with Gasteiger partial charge in [0.15, 0.2) is 5.60 Å². The molecule has 0 saturated carbocycles. The Morgan fingerprint density at radius 3 is 1.38 bits per heavy atom. The van der Waals surface area contributed by atoms with Crippen molar-refractivity contribution in [2.75, 3.05) is 0 Å². The number of thiol groups is 1. The monoisotopic (exact) mass is 762 g/mol. The molecule has 0 radical (unpaired) electrons. The molecule has 0 aromatic heterocycles. The normalized spacial score (nSPS) is 16.3. The molecule has 270 valence electrons. The molecule has 9 rings (SSSR count). The lowest BCUT2D eigenvalue weighted by atomic mass is 9.68. The minimum absolute atomic E-state index is 0.00240. The summed E-state index contributed by atoms with van der Waals surface area (Å²) in [5.41, 5.74) is 6.39. The van der Waals surface area contributed by atoms with Gasteiger partial charge >= 0.3 is 16.4 Å². The lowest BCUT2D eigenvalue weighted by molar-refractivity contribution is 0.0251. The lowest BCUT2D eigenvalue weighted by Crippen LogP contribution is -2.29. The van der Waals surface area contributed by atoms with Crippen LogP contribution in [0.3, 0.4) is 0 Å². The smallest absolute Gasteiger partial charge is 0.500 e. The van der Waals surface area contributed by atoms with E-state index in [0.29, 0.717) is 28.0 Å². The highest BCUT2D eigenvalue weighted by Gasteiger charge is 2.49. The second kappa shape index (κ2) is 13.1. The Hall–Kier alpha value is -6.49. The van der Waals surface area contributed by atoms with Crippen LogP contribution in [0, 0.1) is 0 Å². The van der Waals surface area contributed by atoms with E-state index in [1.54, 1.807) is 72.8 Å². The van der Waals surface area contributed by atoms with Gasteiger partial charge in [0, 0.05) is 29.6 Å². The maximum absolute atomic E-state index is 13.3. The lowest BCUT2D eigenvalue weighted by Gasteiger charge is -2.34. The maximum atomic E-state index is 13.3. The minimum atomic E-state index is -4.59. The summed E-state index contributed by atoms with van der Waals surface area (Å²) in [6.07, 6.45) is 0. The standard InChI is InChI=1S/C45H30O8S2/c46-33-21-13-29(14-22-33)44(40-10-4-1-7-37(40)38-8-2-5-11-41(38)44)30-15-25-35(26-16-30)52-55(48,49)53-36-27-19-32(20-28-36)45(31-17-23-34(51-54)24-18-31)42-12-6-3-9-39(42)43(47)50-45/h1-28,46,54H. The van der Waals surface area contributed by atoms with Crippen molar-refractivity contribution in [1.82, 2.24) is 0 Å². The number of fused-ring (bicyclic) bond motifs is 4. The number of hydrogen-bond acceptors (Lipinski definition) is 9. The Kier molecular flexibility index (Phi) is 8.18. The summed E-state index contributed by atoms with van der Waals surface area (Å²) >= 11 is 3.88. The van der Waals surface area contributed by atoms with Crippen LogP contribution in [0.1, 0.15) is 49.3 Å². The van der Waals surface area contributed by atoms with E-state index in [1.807, 2.05) is 60.7 Å². The van der Waals surface area contributed by atoms with E-state index in [1.165, 1.54) is 12.1 Å². The molecule has 2 aliphatic rings. The zero-order valence-electron chi connectivity index (χ0n) is 28.8. The van der Waals surface area contributed by atoms with Crippen LogP contribution in [0.4, 0.5) is 0 Å². The van der Waals surface area contributed by atoms with Gasteiger partial charge in [-0.3, -0.25) is 0 Å². The topological polar surface area (TPSA) is 108 Å². The third-order valence-electron chi connectivity index (χ3n) is 10.3. The molecular formula is C45H30O8S2. The summed E-state index contributed by atoms with van der Waals surface area (Å²) in [7, 11) is -4.59. The minimum Gasteiger partial charge on any atom is -0.508 e. The van der Waals surface area contributed by atoms with Crippen LogP contribution in [0.15, 0.2) is 170 Å². The van der Waals surface area contributed by atoms with Crippen LogP contribution >= 0.6 is 12.9 Å². The highest BCUT2D eigenvalue weighted by atomic mass is 32.3. The Balaban J connectivity index is 1.02. The van der Waals surface area contributed by atoms with Gasteiger partial charge < -0.3 is 22.4 Å². The van der Waals surface area contributed by atoms with Crippen molar-refractivity contribution in [3.05, 3.63) is 214 Å². The molecule has 1 aliphatic carbocycles. The van der Waals surface area contributed by atoms with Gasteiger partial charge in [-0.1, -0.05) is 115 Å². The van der Waals surface area contributed by atoms with Crippen molar-refractivity contribution in [3.63, 3.8) is 0 Å². The molecule has 8 nitrogen and oxygen atoms in total. The summed E-state index contributed by atoms with van der Waals surface area (Å²) in [6.45, 7) is 0. The molecule has 55 heavy (non-hydrogen) atoms. The fraction of sp³-hybridized carbons (Fsp3) is 0.0444. The van der Waals surface area contributed by atoms with E-state index in [-0.39, 0.29) is 17.2 Å². The Bertz CT molecular complexity index is 2650. The van der Waals surface area contributed by atoms with Crippen molar-refractivity contribution in [2.24, 2.45) is 0 Å². The van der Waals surface area contributed by atoms with E-state index in [0.717, 1.165) is 33.4 Å². The van der Waals surface area contributed by atoms with E-state index >= 15 is 0 Å². The predicted octanol–water partition coefficient (Wildman–Crippen LogP) is 9.14. The van der Waals surface area contributed by atoms with Gasteiger partial charge in [0.1, 0.15) is 23.0 Å². The van der Waals surface area contributed by atoms with Crippen LogP contribution in [-0.4, -0.2) is 19.5 Å². The van der Waals surface area contributed by atoms with Crippen LogP contribution in [0.2, 0.25) is 0 Å². The zero-order valence-corrected chi connectivity index (χ0v) is 30.5. The molecule has 0 spiro atoms.